The standard InChI is InChI=1S/C12H17NO5S/c1-3-10(8-14)13-19(16,17)11-6-4-5-9(7-11)12(15)18-2/h4-7,10,13-14H,3,8H2,1-2H3/t10-/m0/s1. The Hall–Kier alpha value is -1.44. The molecule has 0 unspecified atom stereocenters. The van der Waals surface area contributed by atoms with Crippen LogP contribution >= 0.6 is 0 Å². The number of hydrogen-bond acceptors (Lipinski definition) is 5. The third-order valence-electron chi connectivity index (χ3n) is 2.60. The van der Waals surface area contributed by atoms with Crippen LogP contribution in [0.4, 0.5) is 0 Å². The second kappa shape index (κ2) is 6.65. The van der Waals surface area contributed by atoms with Gasteiger partial charge in [-0.1, -0.05) is 13.0 Å². The minimum absolute atomic E-state index is 0.0395. The van der Waals surface area contributed by atoms with E-state index in [0.29, 0.717) is 6.42 Å². The van der Waals surface area contributed by atoms with Gasteiger partial charge in [-0.3, -0.25) is 0 Å². The van der Waals surface area contributed by atoms with Crippen LogP contribution in [0.25, 0.3) is 0 Å². The van der Waals surface area contributed by atoms with Crippen molar-refractivity contribution in [3.63, 3.8) is 0 Å². The molecule has 19 heavy (non-hydrogen) atoms. The lowest BCUT2D eigenvalue weighted by Gasteiger charge is -2.14. The summed E-state index contributed by atoms with van der Waals surface area (Å²) >= 11 is 0. The van der Waals surface area contributed by atoms with E-state index in [2.05, 4.69) is 9.46 Å². The van der Waals surface area contributed by atoms with E-state index in [1.54, 1.807) is 6.92 Å². The highest BCUT2D eigenvalue weighted by molar-refractivity contribution is 7.89. The van der Waals surface area contributed by atoms with Gasteiger partial charge in [0.1, 0.15) is 0 Å². The number of carbonyl (C=O) groups excluding carboxylic acids is 1. The molecule has 0 heterocycles. The molecular weight excluding hydrogens is 270 g/mol. The number of aliphatic hydroxyl groups excluding tert-OH is 1. The van der Waals surface area contributed by atoms with E-state index < -0.39 is 22.0 Å². The Kier molecular flexibility index (Phi) is 5.46. The number of nitrogens with one attached hydrogen (secondary N) is 1. The molecule has 2 N–H and O–H groups in total. The van der Waals surface area contributed by atoms with Gasteiger partial charge >= 0.3 is 5.97 Å². The first kappa shape index (κ1) is 15.6. The highest BCUT2D eigenvalue weighted by Crippen LogP contribution is 2.13. The Labute approximate surface area is 112 Å². The fourth-order valence-corrected chi connectivity index (χ4v) is 2.80. The van der Waals surface area contributed by atoms with Crippen LogP contribution in [0, 0.1) is 0 Å². The Morgan fingerprint density at radius 2 is 2.16 bits per heavy atom. The van der Waals surface area contributed by atoms with Crippen LogP contribution in [0.3, 0.4) is 0 Å². The molecule has 0 saturated heterocycles. The van der Waals surface area contributed by atoms with Crippen molar-refractivity contribution in [2.45, 2.75) is 24.3 Å². The summed E-state index contributed by atoms with van der Waals surface area (Å²) in [6, 6.07) is 4.98. The Bertz CT molecular complexity index is 537. The summed E-state index contributed by atoms with van der Waals surface area (Å²) < 4.78 is 31.0. The summed E-state index contributed by atoms with van der Waals surface area (Å²) in [5.74, 6) is -0.605. The van der Waals surface area contributed by atoms with E-state index in [0.717, 1.165) is 0 Å². The lowest BCUT2D eigenvalue weighted by Crippen LogP contribution is -2.36. The molecular formula is C12H17NO5S. The smallest absolute Gasteiger partial charge is 0.337 e. The van der Waals surface area contributed by atoms with Crippen LogP contribution in [0.5, 0.6) is 0 Å². The zero-order valence-corrected chi connectivity index (χ0v) is 11.6. The van der Waals surface area contributed by atoms with Gasteiger partial charge in [0.25, 0.3) is 0 Å². The summed E-state index contributed by atoms with van der Waals surface area (Å²) in [7, 11) is -2.54. The molecule has 0 saturated carbocycles. The molecule has 0 aliphatic heterocycles. The minimum atomic E-state index is -3.77. The summed E-state index contributed by atoms with van der Waals surface area (Å²) in [4.78, 5) is 11.3. The van der Waals surface area contributed by atoms with E-state index in [9.17, 15) is 13.2 Å². The van der Waals surface area contributed by atoms with Crippen molar-refractivity contribution in [3.05, 3.63) is 29.8 Å². The van der Waals surface area contributed by atoms with Crippen molar-refractivity contribution < 1.29 is 23.1 Å². The first-order valence-corrected chi connectivity index (χ1v) is 7.24. The number of esters is 1. The number of ether oxygens (including phenoxy) is 1. The number of methoxy groups -OCH3 is 1. The van der Waals surface area contributed by atoms with Crippen molar-refractivity contribution in [2.75, 3.05) is 13.7 Å². The summed E-state index contributed by atoms with van der Waals surface area (Å²) in [5.41, 5.74) is 0.155. The third-order valence-corrected chi connectivity index (χ3v) is 4.12. The maximum absolute atomic E-state index is 12.0. The first-order chi connectivity index (χ1) is 8.94. The Morgan fingerprint density at radius 3 is 2.68 bits per heavy atom. The molecule has 0 bridgehead atoms. The van der Waals surface area contributed by atoms with Gasteiger partial charge in [0.2, 0.25) is 10.0 Å². The zero-order valence-electron chi connectivity index (χ0n) is 10.8. The van der Waals surface area contributed by atoms with Gasteiger partial charge < -0.3 is 9.84 Å². The molecule has 6 nitrogen and oxygen atoms in total. The summed E-state index contributed by atoms with van der Waals surface area (Å²) in [5, 5.41) is 9.02. The topological polar surface area (TPSA) is 92.7 Å². The molecule has 0 amide bonds. The molecule has 1 aromatic carbocycles. The summed E-state index contributed by atoms with van der Waals surface area (Å²) in [6.07, 6.45) is 0.465. The van der Waals surface area contributed by atoms with Crippen molar-refractivity contribution >= 4 is 16.0 Å². The van der Waals surface area contributed by atoms with Crippen molar-refractivity contribution in [3.8, 4) is 0 Å². The normalized spacial score (nSPS) is 13.0. The molecule has 0 aromatic heterocycles. The highest BCUT2D eigenvalue weighted by Gasteiger charge is 2.19. The van der Waals surface area contributed by atoms with Crippen LogP contribution in [-0.4, -0.2) is 39.3 Å². The van der Waals surface area contributed by atoms with Crippen molar-refractivity contribution in [1.82, 2.24) is 4.72 Å². The zero-order chi connectivity index (χ0) is 14.5. The maximum atomic E-state index is 12.0. The van der Waals surface area contributed by atoms with Gasteiger partial charge in [-0.2, -0.15) is 0 Å². The van der Waals surface area contributed by atoms with Gasteiger partial charge in [0, 0.05) is 6.04 Å². The fourth-order valence-electron chi connectivity index (χ4n) is 1.45. The second-order valence-electron chi connectivity index (χ2n) is 3.93. The van der Waals surface area contributed by atoms with E-state index in [4.69, 9.17) is 5.11 Å². The first-order valence-electron chi connectivity index (χ1n) is 5.76. The molecule has 1 rings (SSSR count). The Balaban J connectivity index is 3.05. The van der Waals surface area contributed by atoms with Crippen LogP contribution in [0.1, 0.15) is 23.7 Å². The Morgan fingerprint density at radius 1 is 1.47 bits per heavy atom. The van der Waals surface area contributed by atoms with E-state index in [1.807, 2.05) is 0 Å². The molecule has 0 fully saturated rings. The molecule has 7 heteroatoms. The molecule has 0 aliphatic carbocycles. The second-order valence-corrected chi connectivity index (χ2v) is 5.64. The van der Waals surface area contributed by atoms with Crippen LogP contribution in [0.2, 0.25) is 0 Å². The number of carbonyl (C=O) groups is 1. The largest absolute Gasteiger partial charge is 0.465 e. The van der Waals surface area contributed by atoms with Crippen molar-refractivity contribution in [2.24, 2.45) is 0 Å². The average molecular weight is 287 g/mol. The molecule has 1 aromatic rings. The molecule has 1 atom stereocenters. The number of benzene rings is 1. The number of hydrogen-bond donors (Lipinski definition) is 2. The van der Waals surface area contributed by atoms with Gasteiger partial charge in [-0.25, -0.2) is 17.9 Å². The lowest BCUT2D eigenvalue weighted by molar-refractivity contribution is 0.0600. The average Bonchev–Trinajstić information content (AvgIpc) is 2.44. The van der Waals surface area contributed by atoms with E-state index >= 15 is 0 Å². The van der Waals surface area contributed by atoms with Crippen LogP contribution in [0.15, 0.2) is 29.2 Å². The third kappa shape index (κ3) is 4.02. The van der Waals surface area contributed by atoms with Gasteiger partial charge in [-0.05, 0) is 24.6 Å². The number of aliphatic hydroxyl groups is 1. The quantitative estimate of drug-likeness (QED) is 0.744. The fraction of sp³-hybridized carbons (Fsp3) is 0.417. The predicted molar refractivity (Wildman–Crippen MR) is 69.3 cm³/mol. The van der Waals surface area contributed by atoms with Gasteiger partial charge in [-0.15, -0.1) is 0 Å². The molecule has 0 radical (unpaired) electrons. The van der Waals surface area contributed by atoms with Gasteiger partial charge in [0.05, 0.1) is 24.2 Å². The minimum Gasteiger partial charge on any atom is -0.465 e. The summed E-state index contributed by atoms with van der Waals surface area (Å²) in [6.45, 7) is 1.47. The van der Waals surface area contributed by atoms with Crippen LogP contribution in [-0.2, 0) is 14.8 Å². The highest BCUT2D eigenvalue weighted by atomic mass is 32.2. The maximum Gasteiger partial charge on any atom is 0.337 e. The van der Waals surface area contributed by atoms with E-state index in [-0.39, 0.29) is 17.1 Å². The number of rotatable bonds is 6. The van der Waals surface area contributed by atoms with Crippen LogP contribution < -0.4 is 4.72 Å². The van der Waals surface area contributed by atoms with Gasteiger partial charge in [0.15, 0.2) is 0 Å². The van der Waals surface area contributed by atoms with Crippen molar-refractivity contribution in [1.29, 1.82) is 0 Å². The lowest BCUT2D eigenvalue weighted by atomic mass is 10.2. The molecule has 106 valence electrons. The monoisotopic (exact) mass is 287 g/mol. The SMILES string of the molecule is CC[C@@H](CO)NS(=O)(=O)c1cccc(C(=O)OC)c1. The predicted octanol–water partition coefficient (Wildman–Crippen LogP) is 0.522. The molecule has 0 aliphatic rings. The molecule has 0 spiro atoms. The number of sulfonamides is 1. The van der Waals surface area contributed by atoms with E-state index in [1.165, 1.54) is 31.4 Å².